The van der Waals surface area contributed by atoms with Crippen molar-refractivity contribution in [3.05, 3.63) is 0 Å². The first-order valence-electron chi connectivity index (χ1n) is 6.82. The molecule has 104 valence electrons. The molecule has 3 nitrogen and oxygen atoms in total. The molecule has 0 radical (unpaired) electrons. The Kier molecular flexibility index (Phi) is 8.72. The molecule has 0 aromatic rings. The van der Waals surface area contributed by atoms with Crippen molar-refractivity contribution in [2.75, 3.05) is 24.6 Å². The van der Waals surface area contributed by atoms with E-state index in [1.165, 1.54) is 0 Å². The maximum atomic E-state index is 12.6. The third-order valence-corrected chi connectivity index (χ3v) is 9.45. The van der Waals surface area contributed by atoms with E-state index in [9.17, 15) is 9.13 Å². The van der Waals surface area contributed by atoms with E-state index in [0.29, 0.717) is 24.6 Å². The number of hydrogen-bond acceptors (Lipinski definition) is 3. The minimum atomic E-state index is -2.66. The summed E-state index contributed by atoms with van der Waals surface area (Å²) >= 11 is 0. The summed E-state index contributed by atoms with van der Waals surface area (Å²) in [6.07, 6.45) is 5.59. The fraction of sp³-hybridized carbons (Fsp3) is 1.00. The van der Waals surface area contributed by atoms with Crippen molar-refractivity contribution in [1.82, 2.24) is 0 Å². The molecule has 5 heteroatoms. The molecule has 0 amide bonds. The largest absolute Gasteiger partial charge is 0.293 e. The Morgan fingerprint density at radius 3 is 1.06 bits per heavy atom. The first-order chi connectivity index (χ1) is 7.95. The monoisotopic (exact) mass is 282 g/mol. The average Bonchev–Trinajstić information content (AvgIpc) is 2.17. The van der Waals surface area contributed by atoms with Crippen LogP contribution in [0.3, 0.4) is 0 Å². The molecule has 0 spiro atoms. The summed E-state index contributed by atoms with van der Waals surface area (Å²) in [7, 11) is -5.33. The lowest BCUT2D eigenvalue weighted by Crippen LogP contribution is -2.03. The van der Waals surface area contributed by atoms with Gasteiger partial charge in [-0.2, -0.15) is 0 Å². The first kappa shape index (κ1) is 17.4. The Balaban J connectivity index is 4.79. The number of hydrogen-bond donors (Lipinski definition) is 0. The van der Waals surface area contributed by atoms with Crippen molar-refractivity contribution in [3.63, 3.8) is 0 Å². The first-order valence-corrected chi connectivity index (χ1v) is 10.8. The van der Waals surface area contributed by atoms with E-state index in [-0.39, 0.29) is 0 Å². The maximum Gasteiger partial charge on any atom is 0.208 e. The van der Waals surface area contributed by atoms with Crippen molar-refractivity contribution in [1.29, 1.82) is 0 Å². The van der Waals surface area contributed by atoms with Gasteiger partial charge in [-0.15, -0.1) is 0 Å². The van der Waals surface area contributed by atoms with Gasteiger partial charge in [0.05, 0.1) is 0 Å². The molecule has 0 heterocycles. The zero-order chi connectivity index (χ0) is 13.4. The summed E-state index contributed by atoms with van der Waals surface area (Å²) in [6.45, 7) is 7.99. The smallest absolute Gasteiger partial charge is 0.208 e. The Morgan fingerprint density at radius 2 is 0.882 bits per heavy atom. The lowest BCUT2D eigenvalue weighted by atomic mass is 10.6. The summed E-state index contributed by atoms with van der Waals surface area (Å²) in [5, 5.41) is 0. The van der Waals surface area contributed by atoms with Crippen LogP contribution >= 0.6 is 14.7 Å². The molecule has 0 saturated heterocycles. The van der Waals surface area contributed by atoms with Gasteiger partial charge in [-0.3, -0.25) is 13.4 Å². The van der Waals surface area contributed by atoms with Crippen LogP contribution in [0.25, 0.3) is 0 Å². The summed E-state index contributed by atoms with van der Waals surface area (Å²) in [5.74, 6) is 0. The van der Waals surface area contributed by atoms with E-state index >= 15 is 0 Å². The van der Waals surface area contributed by atoms with E-state index in [4.69, 9.17) is 4.31 Å². The second-order valence-electron chi connectivity index (χ2n) is 4.61. The highest BCUT2D eigenvalue weighted by atomic mass is 31.2. The van der Waals surface area contributed by atoms with Gasteiger partial charge in [0.25, 0.3) is 0 Å². The fourth-order valence-corrected chi connectivity index (χ4v) is 8.67. The van der Waals surface area contributed by atoms with Crippen LogP contribution in [-0.4, -0.2) is 24.6 Å². The molecule has 0 saturated carbocycles. The minimum Gasteiger partial charge on any atom is -0.293 e. The summed E-state index contributed by atoms with van der Waals surface area (Å²) < 4.78 is 30.9. The van der Waals surface area contributed by atoms with Crippen molar-refractivity contribution in [2.24, 2.45) is 0 Å². The summed E-state index contributed by atoms with van der Waals surface area (Å²) in [6, 6.07) is 0. The van der Waals surface area contributed by atoms with Crippen LogP contribution in [0.4, 0.5) is 0 Å². The summed E-state index contributed by atoms with van der Waals surface area (Å²) in [4.78, 5) is 0. The predicted molar refractivity (Wildman–Crippen MR) is 76.9 cm³/mol. The summed E-state index contributed by atoms with van der Waals surface area (Å²) in [5.41, 5.74) is 0. The van der Waals surface area contributed by atoms with Gasteiger partial charge in [0, 0.05) is 24.6 Å². The molecule has 0 N–H and O–H groups in total. The standard InChI is InChI=1S/C12H28O3P2/c1-5-9-16(13,10-6-2)15-17(14,11-7-3)12-8-4/h5-12H2,1-4H3. The molecule has 0 unspecified atom stereocenters. The molecule has 0 aliphatic rings. The second kappa shape index (κ2) is 8.51. The van der Waals surface area contributed by atoms with Crippen molar-refractivity contribution >= 4 is 14.7 Å². The van der Waals surface area contributed by atoms with Crippen LogP contribution in [-0.2, 0) is 13.4 Å². The lowest BCUT2D eigenvalue weighted by Gasteiger charge is -2.24. The highest BCUT2D eigenvalue weighted by Gasteiger charge is 2.32. The molecule has 0 bridgehead atoms. The normalized spacial score (nSPS) is 12.9. The predicted octanol–water partition coefficient (Wildman–Crippen LogP) is 5.20. The van der Waals surface area contributed by atoms with Gasteiger partial charge in [-0.05, 0) is 25.7 Å². The van der Waals surface area contributed by atoms with Gasteiger partial charge in [-0.25, -0.2) is 0 Å². The number of rotatable bonds is 10. The van der Waals surface area contributed by atoms with Crippen LogP contribution in [0.5, 0.6) is 0 Å². The Bertz CT molecular complexity index is 241. The zero-order valence-electron chi connectivity index (χ0n) is 11.8. The topological polar surface area (TPSA) is 43.4 Å². The van der Waals surface area contributed by atoms with Crippen molar-refractivity contribution < 1.29 is 13.4 Å². The van der Waals surface area contributed by atoms with Gasteiger partial charge in [0.15, 0.2) is 0 Å². The van der Waals surface area contributed by atoms with E-state index in [2.05, 4.69) is 0 Å². The van der Waals surface area contributed by atoms with Crippen LogP contribution in [0.1, 0.15) is 53.4 Å². The molecule has 0 rings (SSSR count). The van der Waals surface area contributed by atoms with Gasteiger partial charge in [0.2, 0.25) is 14.7 Å². The molecule has 0 aromatic carbocycles. The average molecular weight is 282 g/mol. The van der Waals surface area contributed by atoms with Gasteiger partial charge < -0.3 is 0 Å². The SMILES string of the molecule is CCCP(=O)(CCC)OP(=O)(CCC)CCC. The molecular weight excluding hydrogens is 254 g/mol. The van der Waals surface area contributed by atoms with Crippen LogP contribution in [0.15, 0.2) is 0 Å². The molecule has 0 aliphatic carbocycles. The zero-order valence-corrected chi connectivity index (χ0v) is 13.6. The molecular formula is C12H28O3P2. The Hall–Kier alpha value is 0.420. The highest BCUT2D eigenvalue weighted by molar-refractivity contribution is 7.72. The minimum absolute atomic E-state index is 0.568. The van der Waals surface area contributed by atoms with Crippen LogP contribution in [0, 0.1) is 0 Å². The quantitative estimate of drug-likeness (QED) is 0.517. The Labute approximate surface area is 107 Å². The molecule has 0 aliphatic heterocycles. The Morgan fingerprint density at radius 1 is 0.647 bits per heavy atom. The van der Waals surface area contributed by atoms with E-state index in [1.807, 2.05) is 27.7 Å². The van der Waals surface area contributed by atoms with E-state index in [1.54, 1.807) is 0 Å². The molecule has 0 atom stereocenters. The maximum absolute atomic E-state index is 12.6. The van der Waals surface area contributed by atoms with Gasteiger partial charge in [-0.1, -0.05) is 27.7 Å². The second-order valence-corrected chi connectivity index (χ2v) is 10.3. The lowest BCUT2D eigenvalue weighted by molar-refractivity contribution is 0.453. The highest BCUT2D eigenvalue weighted by Crippen LogP contribution is 2.64. The van der Waals surface area contributed by atoms with Crippen molar-refractivity contribution in [3.8, 4) is 0 Å². The van der Waals surface area contributed by atoms with Crippen LogP contribution in [0.2, 0.25) is 0 Å². The van der Waals surface area contributed by atoms with Crippen LogP contribution < -0.4 is 0 Å². The van der Waals surface area contributed by atoms with Gasteiger partial charge in [0.1, 0.15) is 0 Å². The third-order valence-electron chi connectivity index (χ3n) is 2.55. The van der Waals surface area contributed by atoms with Crippen molar-refractivity contribution in [2.45, 2.75) is 53.4 Å². The third kappa shape index (κ3) is 6.79. The van der Waals surface area contributed by atoms with E-state index < -0.39 is 14.7 Å². The molecule has 0 aromatic heterocycles. The van der Waals surface area contributed by atoms with Gasteiger partial charge >= 0.3 is 0 Å². The molecule has 17 heavy (non-hydrogen) atoms. The van der Waals surface area contributed by atoms with E-state index in [0.717, 1.165) is 25.7 Å². The molecule has 0 fully saturated rings. The fourth-order valence-electron chi connectivity index (χ4n) is 2.02.